The van der Waals surface area contributed by atoms with Gasteiger partial charge in [-0.05, 0) is 23.1 Å². The summed E-state index contributed by atoms with van der Waals surface area (Å²) in [5, 5.41) is 2.68. The first-order valence-corrected chi connectivity index (χ1v) is 10.4. The van der Waals surface area contributed by atoms with E-state index in [-0.39, 0.29) is 12.4 Å². The molecule has 0 aromatic heterocycles. The van der Waals surface area contributed by atoms with Gasteiger partial charge >= 0.3 is 6.09 Å². The van der Waals surface area contributed by atoms with E-state index >= 15 is 0 Å². The Labute approximate surface area is 154 Å². The van der Waals surface area contributed by atoms with Gasteiger partial charge in [0.1, 0.15) is 6.61 Å². The van der Waals surface area contributed by atoms with Crippen LogP contribution in [0.15, 0.2) is 60.7 Å². The molecule has 0 saturated heterocycles. The lowest BCUT2D eigenvalue weighted by Crippen LogP contribution is -2.24. The summed E-state index contributed by atoms with van der Waals surface area (Å²) in [5.74, 6) is 0.0115. The number of ether oxygens (including phenoxy) is 1. The molecule has 0 aliphatic rings. The van der Waals surface area contributed by atoms with Crippen LogP contribution in [0.5, 0.6) is 0 Å². The first-order valence-electron chi connectivity index (χ1n) is 8.31. The van der Waals surface area contributed by atoms with Gasteiger partial charge in [-0.1, -0.05) is 66.7 Å². The van der Waals surface area contributed by atoms with Gasteiger partial charge in [0.25, 0.3) is 0 Å². The number of nitrogens with one attached hydrogen (secondary N) is 1. The zero-order valence-corrected chi connectivity index (χ0v) is 15.5. The number of amides is 1. The third-order valence-electron chi connectivity index (χ3n) is 3.56. The summed E-state index contributed by atoms with van der Waals surface area (Å²) in [6.07, 6.45) is 5.15. The fourth-order valence-corrected chi connectivity index (χ4v) is 3.18. The van der Waals surface area contributed by atoms with Crippen LogP contribution in [0, 0.1) is 0 Å². The first-order chi connectivity index (χ1) is 12.4. The van der Waals surface area contributed by atoms with Gasteiger partial charge in [-0.2, -0.15) is 0 Å². The molecule has 0 spiro atoms. The molecule has 0 saturated carbocycles. The number of carbonyl (C=O) groups excluding carboxylic acids is 1. The molecule has 0 heterocycles. The largest absolute Gasteiger partial charge is 0.445 e. The summed E-state index contributed by atoms with van der Waals surface area (Å²) in [4.78, 5) is 11.6. The van der Waals surface area contributed by atoms with Gasteiger partial charge in [-0.3, -0.25) is 0 Å². The molecule has 1 amide bonds. The number of rotatable bonds is 8. The van der Waals surface area contributed by atoms with Crippen molar-refractivity contribution in [2.45, 2.75) is 18.8 Å². The van der Waals surface area contributed by atoms with E-state index in [9.17, 15) is 13.2 Å². The second-order valence-electron chi connectivity index (χ2n) is 5.95. The van der Waals surface area contributed by atoms with Gasteiger partial charge in [0.2, 0.25) is 0 Å². The average Bonchev–Trinajstić information content (AvgIpc) is 2.60. The molecule has 0 fully saturated rings. The summed E-state index contributed by atoms with van der Waals surface area (Å²) in [7, 11) is -3.08. The van der Waals surface area contributed by atoms with E-state index in [0.717, 1.165) is 16.7 Å². The van der Waals surface area contributed by atoms with E-state index in [4.69, 9.17) is 4.74 Å². The van der Waals surface area contributed by atoms with Crippen LogP contribution in [0.1, 0.15) is 23.1 Å². The molecular weight excluding hydrogens is 350 g/mol. The summed E-state index contributed by atoms with van der Waals surface area (Å²) >= 11 is 0. The van der Waals surface area contributed by atoms with E-state index < -0.39 is 15.9 Å². The monoisotopic (exact) mass is 373 g/mol. The van der Waals surface area contributed by atoms with E-state index in [0.29, 0.717) is 13.0 Å². The number of alkyl carbamates (subject to hydrolysis) is 1. The number of hydrogen-bond acceptors (Lipinski definition) is 4. The van der Waals surface area contributed by atoms with Crippen LogP contribution in [-0.4, -0.2) is 27.3 Å². The Morgan fingerprint density at radius 3 is 2.50 bits per heavy atom. The number of benzene rings is 2. The first kappa shape index (κ1) is 19.7. The maximum Gasteiger partial charge on any atom is 0.407 e. The molecule has 2 aromatic carbocycles. The van der Waals surface area contributed by atoms with Crippen molar-refractivity contribution >= 4 is 22.0 Å². The second-order valence-corrected chi connectivity index (χ2v) is 8.09. The Hall–Kier alpha value is -2.60. The van der Waals surface area contributed by atoms with E-state index in [1.807, 2.05) is 60.7 Å². The minimum absolute atomic E-state index is 0.0115. The molecule has 26 heavy (non-hydrogen) atoms. The lowest BCUT2D eigenvalue weighted by molar-refractivity contribution is 0.140. The predicted octanol–water partition coefficient (Wildman–Crippen LogP) is 3.56. The average molecular weight is 373 g/mol. The van der Waals surface area contributed by atoms with Crippen molar-refractivity contribution in [2.75, 3.05) is 12.8 Å². The van der Waals surface area contributed by atoms with Crippen LogP contribution in [0.2, 0.25) is 0 Å². The molecule has 0 atom stereocenters. The zero-order valence-electron chi connectivity index (χ0n) is 14.7. The lowest BCUT2D eigenvalue weighted by atomic mass is 10.1. The quantitative estimate of drug-likeness (QED) is 0.718. The topological polar surface area (TPSA) is 72.5 Å². The van der Waals surface area contributed by atoms with Crippen molar-refractivity contribution in [1.82, 2.24) is 5.32 Å². The van der Waals surface area contributed by atoms with Gasteiger partial charge in [0.15, 0.2) is 9.84 Å². The standard InChI is InChI=1S/C20H23NO4S/c1-26(23,24)16-19-13-6-5-11-18(19)12-7-8-14-21-20(22)25-15-17-9-3-2-4-10-17/h2-7,9-13H,8,14-16H2,1H3,(H,21,22). The maximum absolute atomic E-state index is 11.6. The zero-order chi connectivity index (χ0) is 18.8. The Bertz CT molecular complexity index is 845. The van der Waals surface area contributed by atoms with Gasteiger partial charge in [0.05, 0.1) is 5.75 Å². The normalized spacial score (nSPS) is 11.4. The molecule has 6 heteroatoms. The Morgan fingerprint density at radius 2 is 1.77 bits per heavy atom. The van der Waals surface area contributed by atoms with Crippen molar-refractivity contribution in [3.63, 3.8) is 0 Å². The molecule has 0 bridgehead atoms. The molecule has 0 aliphatic heterocycles. The molecule has 2 rings (SSSR count). The highest BCUT2D eigenvalue weighted by Gasteiger charge is 2.07. The SMILES string of the molecule is CS(=O)(=O)Cc1ccccc1C=CCCNC(=O)OCc1ccccc1. The lowest BCUT2D eigenvalue weighted by Gasteiger charge is -2.06. The van der Waals surface area contributed by atoms with Crippen LogP contribution >= 0.6 is 0 Å². The molecule has 0 radical (unpaired) electrons. The van der Waals surface area contributed by atoms with Crippen molar-refractivity contribution in [3.8, 4) is 0 Å². The highest BCUT2D eigenvalue weighted by Crippen LogP contribution is 2.14. The smallest absolute Gasteiger partial charge is 0.407 e. The summed E-state index contributed by atoms with van der Waals surface area (Å²) in [6, 6.07) is 16.8. The molecular formula is C20H23NO4S. The highest BCUT2D eigenvalue weighted by atomic mass is 32.2. The third-order valence-corrected chi connectivity index (χ3v) is 4.40. The number of sulfone groups is 1. The molecule has 2 aromatic rings. The Morgan fingerprint density at radius 1 is 1.08 bits per heavy atom. The number of carbonyl (C=O) groups is 1. The van der Waals surface area contributed by atoms with Crippen LogP contribution < -0.4 is 5.32 Å². The van der Waals surface area contributed by atoms with Crippen LogP contribution in [-0.2, 0) is 26.9 Å². The molecule has 5 nitrogen and oxygen atoms in total. The summed E-state index contributed by atoms with van der Waals surface area (Å²) in [5.41, 5.74) is 2.57. The van der Waals surface area contributed by atoms with Crippen LogP contribution in [0.25, 0.3) is 6.08 Å². The third kappa shape index (κ3) is 7.53. The van der Waals surface area contributed by atoms with Gasteiger partial charge < -0.3 is 10.1 Å². The van der Waals surface area contributed by atoms with Crippen molar-refractivity contribution in [1.29, 1.82) is 0 Å². The van der Waals surface area contributed by atoms with Crippen molar-refractivity contribution < 1.29 is 17.9 Å². The molecule has 138 valence electrons. The Balaban J connectivity index is 1.75. The van der Waals surface area contributed by atoms with Gasteiger partial charge in [-0.25, -0.2) is 13.2 Å². The Kier molecular flexibility index (Phi) is 7.41. The van der Waals surface area contributed by atoms with Crippen LogP contribution in [0.4, 0.5) is 4.79 Å². The fourth-order valence-electron chi connectivity index (χ4n) is 2.35. The minimum Gasteiger partial charge on any atom is -0.445 e. The molecule has 0 aliphatic carbocycles. The van der Waals surface area contributed by atoms with E-state index in [1.165, 1.54) is 6.26 Å². The maximum atomic E-state index is 11.6. The minimum atomic E-state index is -3.08. The molecule has 1 N–H and O–H groups in total. The van der Waals surface area contributed by atoms with E-state index in [2.05, 4.69) is 5.32 Å². The highest BCUT2D eigenvalue weighted by molar-refractivity contribution is 7.89. The van der Waals surface area contributed by atoms with Crippen LogP contribution in [0.3, 0.4) is 0 Å². The number of hydrogen-bond donors (Lipinski definition) is 1. The molecule has 0 unspecified atom stereocenters. The summed E-state index contributed by atoms with van der Waals surface area (Å²) < 4.78 is 28.1. The van der Waals surface area contributed by atoms with Gasteiger partial charge in [0, 0.05) is 12.8 Å². The van der Waals surface area contributed by atoms with Crippen molar-refractivity contribution in [3.05, 3.63) is 77.4 Å². The van der Waals surface area contributed by atoms with E-state index in [1.54, 1.807) is 6.07 Å². The predicted molar refractivity (Wildman–Crippen MR) is 103 cm³/mol. The summed E-state index contributed by atoms with van der Waals surface area (Å²) in [6.45, 7) is 0.680. The fraction of sp³-hybridized carbons (Fsp3) is 0.250. The van der Waals surface area contributed by atoms with Crippen molar-refractivity contribution in [2.24, 2.45) is 0 Å². The van der Waals surface area contributed by atoms with Gasteiger partial charge in [-0.15, -0.1) is 0 Å². The second kappa shape index (κ2) is 9.77.